The average Bonchev–Trinajstić information content (AvgIpc) is 3.12. The summed E-state index contributed by atoms with van der Waals surface area (Å²) in [7, 11) is 0. The van der Waals surface area contributed by atoms with Gasteiger partial charge in [-0.15, -0.1) is 0 Å². The predicted molar refractivity (Wildman–Crippen MR) is 109 cm³/mol. The zero-order chi connectivity index (χ0) is 21.3. The third kappa shape index (κ3) is 4.03. The first kappa shape index (κ1) is 20.0. The highest BCUT2D eigenvalue weighted by atomic mass is 35.5. The van der Waals surface area contributed by atoms with Crippen molar-refractivity contribution in [3.8, 4) is 23.0 Å². The molecule has 0 fully saturated rings. The topological polar surface area (TPSA) is 95.9 Å². The summed E-state index contributed by atoms with van der Waals surface area (Å²) in [6.07, 6.45) is -0.662. The molecule has 7 nitrogen and oxygen atoms in total. The van der Waals surface area contributed by atoms with Gasteiger partial charge in [0, 0.05) is 23.2 Å². The van der Waals surface area contributed by atoms with E-state index in [2.05, 4.69) is 25.5 Å². The van der Waals surface area contributed by atoms with Crippen LogP contribution in [-0.4, -0.2) is 37.9 Å². The van der Waals surface area contributed by atoms with Gasteiger partial charge >= 0.3 is 6.01 Å². The quantitative estimate of drug-likeness (QED) is 0.415. The Morgan fingerprint density at radius 3 is 2.73 bits per heavy atom. The lowest BCUT2D eigenvalue weighted by molar-refractivity contribution is 0.208. The number of aliphatic hydroxyl groups excluding tert-OH is 1. The lowest BCUT2D eigenvalue weighted by atomic mass is 10.1. The molecule has 154 valence electrons. The molecule has 0 saturated heterocycles. The third-order valence-corrected chi connectivity index (χ3v) is 4.53. The molecule has 0 aliphatic carbocycles. The highest BCUT2D eigenvalue weighted by Crippen LogP contribution is 2.35. The van der Waals surface area contributed by atoms with Crippen LogP contribution in [0.1, 0.15) is 6.92 Å². The van der Waals surface area contributed by atoms with E-state index in [0.29, 0.717) is 33.6 Å². The highest BCUT2D eigenvalue weighted by molar-refractivity contribution is 6.33. The van der Waals surface area contributed by atoms with E-state index in [1.165, 1.54) is 0 Å². The summed E-state index contributed by atoms with van der Waals surface area (Å²) < 4.78 is 32.5. The van der Waals surface area contributed by atoms with Crippen molar-refractivity contribution in [1.82, 2.24) is 20.2 Å². The summed E-state index contributed by atoms with van der Waals surface area (Å²) in [4.78, 5) is 8.52. The van der Waals surface area contributed by atoms with E-state index in [0.717, 1.165) is 12.1 Å². The second kappa shape index (κ2) is 8.21. The zero-order valence-corrected chi connectivity index (χ0v) is 16.4. The first-order valence-electron chi connectivity index (χ1n) is 8.98. The van der Waals surface area contributed by atoms with Crippen molar-refractivity contribution in [2.45, 2.75) is 13.0 Å². The first-order valence-corrected chi connectivity index (χ1v) is 9.36. The Bertz CT molecular complexity index is 1220. The Hall–Kier alpha value is -3.30. The maximum absolute atomic E-state index is 14.0. The molecule has 0 amide bonds. The van der Waals surface area contributed by atoms with Gasteiger partial charge in [-0.2, -0.15) is 15.1 Å². The summed E-state index contributed by atoms with van der Waals surface area (Å²) in [5, 5.41) is 20.8. The molecule has 0 radical (unpaired) electrons. The molecule has 3 N–H and O–H groups in total. The van der Waals surface area contributed by atoms with Crippen molar-refractivity contribution in [1.29, 1.82) is 0 Å². The largest absolute Gasteiger partial charge is 0.421 e. The van der Waals surface area contributed by atoms with Crippen molar-refractivity contribution in [2.75, 3.05) is 11.9 Å². The van der Waals surface area contributed by atoms with Gasteiger partial charge < -0.3 is 15.2 Å². The number of aromatic amines is 1. The Morgan fingerprint density at radius 1 is 1.20 bits per heavy atom. The summed E-state index contributed by atoms with van der Waals surface area (Å²) >= 11 is 6.32. The summed E-state index contributed by atoms with van der Waals surface area (Å²) in [6.45, 7) is 1.80. The minimum Gasteiger partial charge on any atom is -0.421 e. The van der Waals surface area contributed by atoms with E-state index in [9.17, 15) is 13.9 Å². The molecule has 4 rings (SSSR count). The van der Waals surface area contributed by atoms with E-state index in [1.807, 2.05) is 12.1 Å². The fourth-order valence-corrected chi connectivity index (χ4v) is 3.07. The number of hydrogen-bond donors (Lipinski definition) is 3. The van der Waals surface area contributed by atoms with Crippen LogP contribution in [-0.2, 0) is 0 Å². The molecule has 30 heavy (non-hydrogen) atoms. The van der Waals surface area contributed by atoms with Gasteiger partial charge in [0.05, 0.1) is 17.2 Å². The number of nitrogens with one attached hydrogen (secondary N) is 2. The molecule has 4 aromatic rings. The van der Waals surface area contributed by atoms with E-state index in [4.69, 9.17) is 16.3 Å². The molecule has 2 aromatic carbocycles. The molecule has 1 atom stereocenters. The summed E-state index contributed by atoms with van der Waals surface area (Å²) in [6, 6.07) is 9.88. The number of H-pyrrole nitrogens is 1. The number of rotatable bonds is 6. The van der Waals surface area contributed by atoms with Crippen LogP contribution in [0.4, 0.5) is 14.6 Å². The lowest BCUT2D eigenvalue weighted by Gasteiger charge is -2.12. The van der Waals surface area contributed by atoms with E-state index in [-0.39, 0.29) is 24.0 Å². The third-order valence-electron chi connectivity index (χ3n) is 4.20. The van der Waals surface area contributed by atoms with Gasteiger partial charge in [0.15, 0.2) is 17.2 Å². The van der Waals surface area contributed by atoms with E-state index in [1.54, 1.807) is 19.1 Å². The maximum atomic E-state index is 14.0. The van der Waals surface area contributed by atoms with Gasteiger partial charge in [-0.3, -0.25) is 5.10 Å². The fourth-order valence-electron chi connectivity index (χ4n) is 2.84. The molecule has 0 aliphatic rings. The number of fused-ring (bicyclic) bond motifs is 1. The van der Waals surface area contributed by atoms with Crippen LogP contribution in [0.5, 0.6) is 11.8 Å². The van der Waals surface area contributed by atoms with Crippen LogP contribution >= 0.6 is 11.6 Å². The number of hydrogen-bond acceptors (Lipinski definition) is 6. The smallest absolute Gasteiger partial charge is 0.326 e. The second-order valence-electron chi connectivity index (χ2n) is 6.54. The average molecular weight is 432 g/mol. The van der Waals surface area contributed by atoms with Crippen molar-refractivity contribution in [3.05, 3.63) is 59.1 Å². The molecule has 0 bridgehead atoms. The Balaban J connectivity index is 1.82. The van der Waals surface area contributed by atoms with Gasteiger partial charge in [0.1, 0.15) is 11.6 Å². The molecular formula is C20H16ClF2N5O2. The number of anilines is 1. The summed E-state index contributed by atoms with van der Waals surface area (Å²) in [5.74, 6) is -1.55. The number of halogens is 3. The van der Waals surface area contributed by atoms with Crippen molar-refractivity contribution < 1.29 is 18.6 Å². The molecule has 0 spiro atoms. The van der Waals surface area contributed by atoms with E-state index < -0.39 is 17.7 Å². The van der Waals surface area contributed by atoms with Crippen molar-refractivity contribution in [2.24, 2.45) is 0 Å². The van der Waals surface area contributed by atoms with Crippen LogP contribution in [0.25, 0.3) is 22.3 Å². The summed E-state index contributed by atoms with van der Waals surface area (Å²) in [5.41, 5.74) is 1.50. The zero-order valence-electron chi connectivity index (χ0n) is 15.7. The Morgan fingerprint density at radius 2 is 2.00 bits per heavy atom. The van der Waals surface area contributed by atoms with Gasteiger partial charge in [0.25, 0.3) is 0 Å². The van der Waals surface area contributed by atoms with Gasteiger partial charge in [-0.05, 0) is 25.1 Å². The number of benzene rings is 2. The highest BCUT2D eigenvalue weighted by Gasteiger charge is 2.20. The van der Waals surface area contributed by atoms with Crippen LogP contribution in [0.15, 0.2) is 42.5 Å². The van der Waals surface area contributed by atoms with Crippen LogP contribution in [0.3, 0.4) is 0 Å². The monoisotopic (exact) mass is 431 g/mol. The molecule has 0 aliphatic heterocycles. The minimum atomic E-state index is -0.893. The Kier molecular flexibility index (Phi) is 5.47. The van der Waals surface area contributed by atoms with Crippen LogP contribution < -0.4 is 10.1 Å². The molecule has 2 aromatic heterocycles. The fraction of sp³-hybridized carbons (Fsp3) is 0.150. The SMILES string of the molecule is C[C@@H](O)CNc1nc(Oc2ccc(F)cc2F)nc2n[nH]c(-c3ccccc3Cl)c12. The van der Waals surface area contributed by atoms with E-state index >= 15 is 0 Å². The number of ether oxygens (including phenoxy) is 1. The molecule has 2 heterocycles. The van der Waals surface area contributed by atoms with Gasteiger partial charge in [0.2, 0.25) is 0 Å². The number of aliphatic hydroxyl groups is 1. The molecule has 0 unspecified atom stereocenters. The molecule has 10 heteroatoms. The maximum Gasteiger partial charge on any atom is 0.326 e. The van der Waals surface area contributed by atoms with Crippen molar-refractivity contribution >= 4 is 28.5 Å². The van der Waals surface area contributed by atoms with Crippen LogP contribution in [0, 0.1) is 11.6 Å². The minimum absolute atomic E-state index is 0.184. The van der Waals surface area contributed by atoms with Crippen molar-refractivity contribution in [3.63, 3.8) is 0 Å². The predicted octanol–water partition coefficient (Wildman–Crippen LogP) is 4.54. The first-order chi connectivity index (χ1) is 14.4. The Labute approximate surface area is 174 Å². The second-order valence-corrected chi connectivity index (χ2v) is 6.95. The molecule has 0 saturated carbocycles. The standard InChI is InChI=1S/C20H16ClF2N5O2/c1-10(29)9-24-18-16-17(12-4-2-3-5-13(12)21)27-28-19(16)26-20(25-18)30-15-7-6-11(22)8-14(15)23/h2-8,10,29H,9H2,1H3,(H2,24,25,26,27,28)/t10-/m1/s1. The normalized spacial score (nSPS) is 12.2. The number of aromatic nitrogens is 4. The molecular weight excluding hydrogens is 416 g/mol. The van der Waals surface area contributed by atoms with Crippen LogP contribution in [0.2, 0.25) is 5.02 Å². The lowest BCUT2D eigenvalue weighted by Crippen LogP contribution is -2.16. The number of nitrogens with zero attached hydrogens (tertiary/aromatic N) is 3. The van der Waals surface area contributed by atoms with Gasteiger partial charge in [-0.1, -0.05) is 29.8 Å². The van der Waals surface area contributed by atoms with Gasteiger partial charge in [-0.25, -0.2) is 8.78 Å².